The van der Waals surface area contributed by atoms with Gasteiger partial charge in [0.2, 0.25) is 0 Å². The Labute approximate surface area is 100 Å². The lowest BCUT2D eigenvalue weighted by Gasteiger charge is -2.11. The standard InChI is InChI=1S/C12H15ClO3/c1-9(7-15-2)16-8-12(14)10-4-3-5-11(13)6-10/h3-6,9H,7-8H2,1-2H3. The first-order valence-electron chi connectivity index (χ1n) is 5.02. The minimum atomic E-state index is -0.0897. The Kier molecular flexibility index (Phi) is 5.46. The van der Waals surface area contributed by atoms with Gasteiger partial charge in [0, 0.05) is 17.7 Å². The Balaban J connectivity index is 2.47. The first-order valence-corrected chi connectivity index (χ1v) is 5.40. The zero-order valence-electron chi connectivity index (χ0n) is 9.40. The third-order valence-electron chi connectivity index (χ3n) is 2.05. The predicted molar refractivity (Wildman–Crippen MR) is 63.1 cm³/mol. The van der Waals surface area contributed by atoms with Crippen LogP contribution in [0, 0.1) is 0 Å². The summed E-state index contributed by atoms with van der Waals surface area (Å²) in [5.74, 6) is -0.0783. The number of carbonyl (C=O) groups excluding carboxylic acids is 1. The highest BCUT2D eigenvalue weighted by molar-refractivity contribution is 6.31. The normalized spacial score (nSPS) is 12.4. The number of hydrogen-bond donors (Lipinski definition) is 0. The summed E-state index contributed by atoms with van der Waals surface area (Å²) in [6, 6.07) is 6.83. The number of halogens is 1. The fourth-order valence-electron chi connectivity index (χ4n) is 1.25. The topological polar surface area (TPSA) is 35.5 Å². The zero-order valence-corrected chi connectivity index (χ0v) is 10.2. The molecule has 0 N–H and O–H groups in total. The fraction of sp³-hybridized carbons (Fsp3) is 0.417. The molecule has 0 aliphatic heterocycles. The molecule has 0 aliphatic rings. The number of hydrogen-bond acceptors (Lipinski definition) is 3. The molecule has 0 aliphatic carbocycles. The Hall–Kier alpha value is -0.900. The van der Waals surface area contributed by atoms with Crippen molar-refractivity contribution in [3.63, 3.8) is 0 Å². The van der Waals surface area contributed by atoms with E-state index in [4.69, 9.17) is 21.1 Å². The van der Waals surface area contributed by atoms with E-state index in [2.05, 4.69) is 0 Å². The first-order chi connectivity index (χ1) is 7.63. The molecule has 1 rings (SSSR count). The highest BCUT2D eigenvalue weighted by Gasteiger charge is 2.09. The summed E-state index contributed by atoms with van der Waals surface area (Å²) in [7, 11) is 1.60. The molecule has 3 nitrogen and oxygen atoms in total. The van der Waals surface area contributed by atoms with E-state index in [0.29, 0.717) is 17.2 Å². The molecule has 4 heteroatoms. The molecular weight excluding hydrogens is 228 g/mol. The zero-order chi connectivity index (χ0) is 12.0. The molecule has 0 fully saturated rings. The molecule has 0 amide bonds. The van der Waals surface area contributed by atoms with Crippen molar-refractivity contribution in [1.29, 1.82) is 0 Å². The van der Waals surface area contributed by atoms with Crippen LogP contribution in [0.2, 0.25) is 5.02 Å². The van der Waals surface area contributed by atoms with Crippen LogP contribution < -0.4 is 0 Å². The van der Waals surface area contributed by atoms with E-state index in [9.17, 15) is 4.79 Å². The van der Waals surface area contributed by atoms with Gasteiger partial charge in [0.25, 0.3) is 0 Å². The Morgan fingerprint density at radius 3 is 2.88 bits per heavy atom. The lowest BCUT2D eigenvalue weighted by Crippen LogP contribution is -2.19. The average Bonchev–Trinajstić information content (AvgIpc) is 2.26. The largest absolute Gasteiger partial charge is 0.382 e. The van der Waals surface area contributed by atoms with Crippen LogP contribution in [0.1, 0.15) is 17.3 Å². The molecule has 0 bridgehead atoms. The second-order valence-electron chi connectivity index (χ2n) is 3.51. The van der Waals surface area contributed by atoms with Crippen molar-refractivity contribution in [2.75, 3.05) is 20.3 Å². The molecule has 0 radical (unpaired) electrons. The maximum absolute atomic E-state index is 11.7. The van der Waals surface area contributed by atoms with Gasteiger partial charge in [-0.1, -0.05) is 23.7 Å². The fourth-order valence-corrected chi connectivity index (χ4v) is 1.44. The third-order valence-corrected chi connectivity index (χ3v) is 2.28. The molecule has 16 heavy (non-hydrogen) atoms. The van der Waals surface area contributed by atoms with Crippen molar-refractivity contribution in [3.05, 3.63) is 34.9 Å². The summed E-state index contributed by atoms with van der Waals surface area (Å²) >= 11 is 5.79. The summed E-state index contributed by atoms with van der Waals surface area (Å²) in [5, 5.41) is 0.552. The van der Waals surface area contributed by atoms with E-state index in [1.54, 1.807) is 31.4 Å². The van der Waals surface area contributed by atoms with Crippen molar-refractivity contribution in [2.45, 2.75) is 13.0 Å². The number of benzene rings is 1. The molecule has 1 unspecified atom stereocenters. The summed E-state index contributed by atoms with van der Waals surface area (Å²) < 4.78 is 10.2. The van der Waals surface area contributed by atoms with Crippen LogP contribution in [0.3, 0.4) is 0 Å². The monoisotopic (exact) mass is 242 g/mol. The second kappa shape index (κ2) is 6.63. The molecule has 0 heterocycles. The SMILES string of the molecule is COCC(C)OCC(=O)c1cccc(Cl)c1. The van der Waals surface area contributed by atoms with Crippen molar-refractivity contribution < 1.29 is 14.3 Å². The quantitative estimate of drug-likeness (QED) is 0.720. The van der Waals surface area contributed by atoms with E-state index in [1.165, 1.54) is 0 Å². The molecule has 0 aromatic heterocycles. The van der Waals surface area contributed by atoms with Gasteiger partial charge in [-0.3, -0.25) is 4.79 Å². The summed E-state index contributed by atoms with van der Waals surface area (Å²) in [5.41, 5.74) is 0.567. The van der Waals surface area contributed by atoms with Gasteiger partial charge in [0.05, 0.1) is 12.7 Å². The van der Waals surface area contributed by atoms with E-state index in [-0.39, 0.29) is 18.5 Å². The first kappa shape index (κ1) is 13.2. The van der Waals surface area contributed by atoms with Crippen molar-refractivity contribution >= 4 is 17.4 Å². The number of rotatable bonds is 6. The van der Waals surface area contributed by atoms with Crippen LogP contribution >= 0.6 is 11.6 Å². The van der Waals surface area contributed by atoms with Crippen LogP contribution in [-0.4, -0.2) is 32.2 Å². The molecule has 1 aromatic carbocycles. The Morgan fingerprint density at radius 2 is 2.25 bits per heavy atom. The summed E-state index contributed by atoms with van der Waals surface area (Å²) in [4.78, 5) is 11.7. The van der Waals surface area contributed by atoms with Gasteiger partial charge in [-0.05, 0) is 19.1 Å². The lowest BCUT2D eigenvalue weighted by molar-refractivity contribution is 0.0125. The van der Waals surface area contributed by atoms with Gasteiger partial charge in [0.1, 0.15) is 6.61 Å². The van der Waals surface area contributed by atoms with Crippen LogP contribution in [-0.2, 0) is 9.47 Å². The average molecular weight is 243 g/mol. The molecule has 0 saturated carbocycles. The number of ether oxygens (including phenoxy) is 2. The Morgan fingerprint density at radius 1 is 1.50 bits per heavy atom. The maximum atomic E-state index is 11.7. The van der Waals surface area contributed by atoms with Gasteiger partial charge < -0.3 is 9.47 Å². The predicted octanol–water partition coefficient (Wildman–Crippen LogP) is 2.57. The highest BCUT2D eigenvalue weighted by atomic mass is 35.5. The Bertz CT molecular complexity index is 352. The summed E-state index contributed by atoms with van der Waals surface area (Å²) in [6.07, 6.45) is -0.0897. The maximum Gasteiger partial charge on any atom is 0.188 e. The van der Waals surface area contributed by atoms with Crippen LogP contribution in [0.4, 0.5) is 0 Å². The van der Waals surface area contributed by atoms with E-state index in [1.807, 2.05) is 6.92 Å². The van der Waals surface area contributed by atoms with E-state index < -0.39 is 0 Å². The molecule has 1 aromatic rings. The van der Waals surface area contributed by atoms with Crippen molar-refractivity contribution in [2.24, 2.45) is 0 Å². The van der Waals surface area contributed by atoms with Crippen LogP contribution in [0.25, 0.3) is 0 Å². The molecule has 0 saturated heterocycles. The number of methoxy groups -OCH3 is 1. The minimum absolute atomic E-state index is 0.0465. The van der Waals surface area contributed by atoms with Gasteiger partial charge in [-0.15, -0.1) is 0 Å². The van der Waals surface area contributed by atoms with Gasteiger partial charge in [-0.25, -0.2) is 0 Å². The van der Waals surface area contributed by atoms with Gasteiger partial charge >= 0.3 is 0 Å². The third kappa shape index (κ3) is 4.31. The van der Waals surface area contributed by atoms with Gasteiger partial charge in [-0.2, -0.15) is 0 Å². The number of Topliss-reactive ketones (excluding diaryl/α,β-unsaturated/α-hetero) is 1. The lowest BCUT2D eigenvalue weighted by atomic mass is 10.1. The van der Waals surface area contributed by atoms with E-state index in [0.717, 1.165) is 0 Å². The second-order valence-corrected chi connectivity index (χ2v) is 3.95. The van der Waals surface area contributed by atoms with E-state index >= 15 is 0 Å². The number of carbonyl (C=O) groups is 1. The molecule has 0 spiro atoms. The van der Waals surface area contributed by atoms with Crippen molar-refractivity contribution in [3.8, 4) is 0 Å². The minimum Gasteiger partial charge on any atom is -0.382 e. The van der Waals surface area contributed by atoms with Crippen LogP contribution in [0.15, 0.2) is 24.3 Å². The van der Waals surface area contributed by atoms with Gasteiger partial charge in [0.15, 0.2) is 5.78 Å². The van der Waals surface area contributed by atoms with Crippen LogP contribution in [0.5, 0.6) is 0 Å². The summed E-state index contributed by atoms with van der Waals surface area (Å²) in [6.45, 7) is 2.38. The molecular formula is C12H15ClO3. The number of ketones is 1. The molecule has 88 valence electrons. The van der Waals surface area contributed by atoms with Crippen molar-refractivity contribution in [1.82, 2.24) is 0 Å². The smallest absolute Gasteiger partial charge is 0.188 e. The highest BCUT2D eigenvalue weighted by Crippen LogP contribution is 2.11. The molecule has 1 atom stereocenters.